The normalized spacial score (nSPS) is 13.6. The second kappa shape index (κ2) is 6.88. The van der Waals surface area contributed by atoms with Gasteiger partial charge < -0.3 is 10.2 Å². The molecule has 0 unspecified atom stereocenters. The third kappa shape index (κ3) is 3.77. The maximum atomic E-state index is 10.6. The van der Waals surface area contributed by atoms with Gasteiger partial charge in [0.25, 0.3) is 0 Å². The summed E-state index contributed by atoms with van der Waals surface area (Å²) in [5, 5.41) is 4.52. The van der Waals surface area contributed by atoms with Gasteiger partial charge in [-0.1, -0.05) is 23.7 Å². The number of halogens is 1. The first kappa shape index (κ1) is 15.4. The first-order valence-electron chi connectivity index (χ1n) is 4.01. The van der Waals surface area contributed by atoms with Crippen LogP contribution in [0.15, 0.2) is 29.4 Å². The molecular formula is C9H8ClN2NaO3. The maximum absolute atomic E-state index is 10.6. The van der Waals surface area contributed by atoms with Gasteiger partial charge in [0.2, 0.25) is 0 Å². The smallest absolute Gasteiger partial charge is 0.870 e. The Morgan fingerprint density at radius 1 is 1.31 bits per heavy atom. The van der Waals surface area contributed by atoms with Gasteiger partial charge in [0.05, 0.1) is 0 Å². The number of nitrogens with zero attached hydrogens (tertiary/aromatic N) is 1. The number of ether oxygens (including phenoxy) is 1. The zero-order valence-corrected chi connectivity index (χ0v) is 11.4. The van der Waals surface area contributed by atoms with E-state index in [0.717, 1.165) is 5.56 Å². The van der Waals surface area contributed by atoms with Crippen molar-refractivity contribution in [2.75, 3.05) is 6.61 Å². The number of cyclic esters (lactones) is 1. The van der Waals surface area contributed by atoms with Crippen molar-refractivity contribution in [1.29, 1.82) is 0 Å². The number of carbonyl (C=O) groups is 1. The molecule has 1 aromatic rings. The van der Waals surface area contributed by atoms with Gasteiger partial charge >= 0.3 is 35.7 Å². The van der Waals surface area contributed by atoms with E-state index in [-0.39, 0.29) is 41.6 Å². The number of carbonyl (C=O) groups excluding carboxylic acids is 1. The summed E-state index contributed by atoms with van der Waals surface area (Å²) in [7, 11) is 0. The second-order valence-electron chi connectivity index (χ2n) is 2.75. The molecule has 0 radical (unpaired) electrons. The van der Waals surface area contributed by atoms with E-state index in [0.29, 0.717) is 10.7 Å². The molecule has 16 heavy (non-hydrogen) atoms. The SMILES string of the molecule is O=C1NN=C(c2ccc(Cl)cc2)CO1.[Na+].[OH-]. The van der Waals surface area contributed by atoms with Crippen LogP contribution >= 0.6 is 11.6 Å². The van der Waals surface area contributed by atoms with Gasteiger partial charge in [0, 0.05) is 10.6 Å². The molecular weight excluding hydrogens is 243 g/mol. The van der Waals surface area contributed by atoms with E-state index in [4.69, 9.17) is 16.3 Å². The summed E-state index contributed by atoms with van der Waals surface area (Å²) in [4.78, 5) is 10.6. The molecule has 0 spiro atoms. The van der Waals surface area contributed by atoms with Crippen molar-refractivity contribution >= 4 is 23.4 Å². The average Bonchev–Trinajstić information content (AvgIpc) is 2.21. The zero-order valence-electron chi connectivity index (χ0n) is 8.61. The molecule has 0 aromatic heterocycles. The van der Waals surface area contributed by atoms with E-state index in [1.807, 2.05) is 12.1 Å². The Bertz CT molecular complexity index is 394. The van der Waals surface area contributed by atoms with Gasteiger partial charge in [0.1, 0.15) is 12.3 Å². The molecule has 0 aliphatic carbocycles. The molecule has 1 aliphatic heterocycles. The Kier molecular flexibility index (Phi) is 6.62. The topological polar surface area (TPSA) is 80.7 Å². The molecule has 1 aromatic carbocycles. The molecule has 0 saturated carbocycles. The summed E-state index contributed by atoms with van der Waals surface area (Å²) in [6.45, 7) is 0.188. The van der Waals surface area contributed by atoms with Crippen molar-refractivity contribution in [3.8, 4) is 0 Å². The zero-order chi connectivity index (χ0) is 9.97. The molecule has 1 amide bonds. The number of hydrogen-bond acceptors (Lipinski definition) is 4. The van der Waals surface area contributed by atoms with Gasteiger partial charge in [-0.15, -0.1) is 0 Å². The minimum atomic E-state index is -0.525. The standard InChI is InChI=1S/C9H7ClN2O2.Na.H2O/c10-7-3-1-6(2-4-7)8-5-14-9(13)12-11-8;;/h1-4H,5H2,(H,12,13);;1H2/q;+1;/p-1. The fourth-order valence-corrected chi connectivity index (χ4v) is 1.23. The molecule has 1 heterocycles. The van der Waals surface area contributed by atoms with Crippen LogP contribution < -0.4 is 35.0 Å². The summed E-state index contributed by atoms with van der Waals surface area (Å²) in [5.41, 5.74) is 3.80. The number of rotatable bonds is 1. The molecule has 1 aliphatic rings. The number of benzene rings is 1. The quantitative estimate of drug-likeness (QED) is 0.623. The number of hydrogen-bond donors (Lipinski definition) is 1. The Hall–Kier alpha value is -0.590. The van der Waals surface area contributed by atoms with Crippen LogP contribution in [0, 0.1) is 0 Å². The molecule has 0 bridgehead atoms. The van der Waals surface area contributed by atoms with Crippen LogP contribution in [0.25, 0.3) is 0 Å². The summed E-state index contributed by atoms with van der Waals surface area (Å²) in [6, 6.07) is 7.16. The van der Waals surface area contributed by atoms with Gasteiger partial charge in [-0.3, -0.25) is 0 Å². The van der Waals surface area contributed by atoms with E-state index < -0.39 is 6.09 Å². The molecule has 80 valence electrons. The number of nitrogens with one attached hydrogen (secondary N) is 1. The van der Waals surface area contributed by atoms with Crippen LogP contribution in [0.5, 0.6) is 0 Å². The van der Waals surface area contributed by atoms with Gasteiger partial charge in [-0.25, -0.2) is 10.2 Å². The Balaban J connectivity index is 0.00000112. The van der Waals surface area contributed by atoms with E-state index in [2.05, 4.69) is 10.5 Å². The molecule has 0 fully saturated rings. The summed E-state index contributed by atoms with van der Waals surface area (Å²) >= 11 is 5.73. The van der Waals surface area contributed by atoms with Crippen LogP contribution in [0.4, 0.5) is 4.79 Å². The van der Waals surface area contributed by atoms with E-state index in [1.54, 1.807) is 12.1 Å². The Morgan fingerprint density at radius 2 is 1.94 bits per heavy atom. The van der Waals surface area contributed by atoms with Crippen LogP contribution in [-0.4, -0.2) is 23.9 Å². The molecule has 5 nitrogen and oxygen atoms in total. The molecule has 0 saturated heterocycles. The van der Waals surface area contributed by atoms with Gasteiger partial charge in [-0.05, 0) is 12.1 Å². The van der Waals surface area contributed by atoms with Crippen molar-refractivity contribution in [2.45, 2.75) is 0 Å². The van der Waals surface area contributed by atoms with E-state index in [9.17, 15) is 4.79 Å². The second-order valence-corrected chi connectivity index (χ2v) is 3.19. The first-order chi connectivity index (χ1) is 6.75. The van der Waals surface area contributed by atoms with E-state index >= 15 is 0 Å². The third-order valence-electron chi connectivity index (χ3n) is 1.80. The predicted molar refractivity (Wildman–Crippen MR) is 54.4 cm³/mol. The molecule has 2 rings (SSSR count). The fraction of sp³-hybridized carbons (Fsp3) is 0.111. The summed E-state index contributed by atoms with van der Waals surface area (Å²) < 4.78 is 4.76. The minimum absolute atomic E-state index is 0. The van der Waals surface area contributed by atoms with Crippen LogP contribution in [0.2, 0.25) is 5.02 Å². The van der Waals surface area contributed by atoms with Crippen LogP contribution in [0.3, 0.4) is 0 Å². The fourth-order valence-electron chi connectivity index (χ4n) is 1.10. The molecule has 2 N–H and O–H groups in total. The Labute approximate surface area is 119 Å². The maximum Gasteiger partial charge on any atom is 1.00 e. The monoisotopic (exact) mass is 250 g/mol. The largest absolute Gasteiger partial charge is 1.00 e. The van der Waals surface area contributed by atoms with Gasteiger partial charge in [-0.2, -0.15) is 5.10 Å². The predicted octanol–water partition coefficient (Wildman–Crippen LogP) is -1.39. The molecule has 0 atom stereocenters. The third-order valence-corrected chi connectivity index (χ3v) is 2.05. The first-order valence-corrected chi connectivity index (χ1v) is 4.39. The summed E-state index contributed by atoms with van der Waals surface area (Å²) in [5.74, 6) is 0. The summed E-state index contributed by atoms with van der Waals surface area (Å²) in [6.07, 6.45) is -0.525. The van der Waals surface area contributed by atoms with Crippen molar-refractivity contribution < 1.29 is 44.6 Å². The van der Waals surface area contributed by atoms with Crippen LogP contribution in [0.1, 0.15) is 5.56 Å². The van der Waals surface area contributed by atoms with Crippen LogP contribution in [-0.2, 0) is 4.74 Å². The van der Waals surface area contributed by atoms with Crippen molar-refractivity contribution in [3.63, 3.8) is 0 Å². The van der Waals surface area contributed by atoms with Crippen molar-refractivity contribution in [1.82, 2.24) is 5.43 Å². The van der Waals surface area contributed by atoms with Crippen molar-refractivity contribution in [3.05, 3.63) is 34.9 Å². The molecule has 7 heteroatoms. The average molecular weight is 251 g/mol. The Morgan fingerprint density at radius 3 is 2.44 bits per heavy atom. The number of amides is 1. The van der Waals surface area contributed by atoms with E-state index in [1.165, 1.54) is 0 Å². The van der Waals surface area contributed by atoms with Gasteiger partial charge in [0.15, 0.2) is 0 Å². The minimum Gasteiger partial charge on any atom is -0.870 e. The number of hydrazone groups is 1. The van der Waals surface area contributed by atoms with Crippen molar-refractivity contribution in [2.24, 2.45) is 5.10 Å².